The number of hydrogen-bond donors (Lipinski definition) is 2. The zero-order chi connectivity index (χ0) is 13.1. The zero-order valence-electron chi connectivity index (χ0n) is 11.1. The predicted octanol–water partition coefficient (Wildman–Crippen LogP) is 2.41. The Kier molecular flexibility index (Phi) is 10.2. The van der Waals surface area contributed by atoms with E-state index in [1.807, 2.05) is 0 Å². The Morgan fingerprint density at radius 1 is 1.53 bits per heavy atom. The molecule has 3 atom stereocenters. The highest BCUT2D eigenvalue weighted by Gasteiger charge is 2.18. The summed E-state index contributed by atoms with van der Waals surface area (Å²) in [6.07, 6.45) is 7.96. The van der Waals surface area contributed by atoms with Gasteiger partial charge in [0.15, 0.2) is 0 Å². The van der Waals surface area contributed by atoms with Gasteiger partial charge in [0, 0.05) is 12.6 Å². The van der Waals surface area contributed by atoms with Crippen molar-refractivity contribution in [2.75, 3.05) is 6.61 Å². The highest BCUT2D eigenvalue weighted by Crippen LogP contribution is 2.23. The van der Waals surface area contributed by atoms with E-state index in [1.165, 1.54) is 32.1 Å². The van der Waals surface area contributed by atoms with E-state index in [0.717, 1.165) is 18.9 Å². The molecule has 0 bridgehead atoms. The van der Waals surface area contributed by atoms with Crippen LogP contribution in [0, 0.1) is 5.92 Å². The van der Waals surface area contributed by atoms with E-state index >= 15 is 0 Å². The lowest BCUT2D eigenvalue weighted by Crippen LogP contribution is -2.24. The summed E-state index contributed by atoms with van der Waals surface area (Å²) in [5.74, 6) is 0.863. The van der Waals surface area contributed by atoms with E-state index in [4.69, 9.17) is 20.4 Å². The van der Waals surface area contributed by atoms with Gasteiger partial charge in [-0.25, -0.2) is 0 Å². The van der Waals surface area contributed by atoms with Crippen molar-refractivity contribution >= 4 is 6.47 Å². The van der Waals surface area contributed by atoms with Gasteiger partial charge in [-0.1, -0.05) is 19.8 Å². The minimum absolute atomic E-state index is 0.250. The van der Waals surface area contributed by atoms with Crippen molar-refractivity contribution < 1.29 is 14.6 Å². The van der Waals surface area contributed by atoms with Crippen LogP contribution in [0.4, 0.5) is 0 Å². The number of hydrogen-bond acceptors (Lipinski definition) is 3. The summed E-state index contributed by atoms with van der Waals surface area (Å²) in [5.41, 5.74) is 5.70. The van der Waals surface area contributed by atoms with Gasteiger partial charge in [-0.05, 0) is 38.5 Å². The van der Waals surface area contributed by atoms with Gasteiger partial charge in [0.05, 0.1) is 6.10 Å². The van der Waals surface area contributed by atoms with Gasteiger partial charge in [-0.15, -0.1) is 0 Å². The smallest absolute Gasteiger partial charge is 0.290 e. The van der Waals surface area contributed by atoms with Crippen LogP contribution < -0.4 is 5.73 Å². The van der Waals surface area contributed by atoms with E-state index in [1.54, 1.807) is 0 Å². The van der Waals surface area contributed by atoms with Crippen LogP contribution in [0.3, 0.4) is 0 Å². The molecular weight excluding hydrogens is 218 g/mol. The van der Waals surface area contributed by atoms with E-state index in [2.05, 4.69) is 13.8 Å². The highest BCUT2D eigenvalue weighted by atomic mass is 16.5. The molecule has 0 aromatic heterocycles. The molecule has 3 N–H and O–H groups in total. The first kappa shape index (κ1) is 16.4. The molecule has 3 unspecified atom stereocenters. The van der Waals surface area contributed by atoms with Crippen molar-refractivity contribution in [2.24, 2.45) is 11.7 Å². The average molecular weight is 245 g/mol. The summed E-state index contributed by atoms with van der Waals surface area (Å²) < 4.78 is 5.72. The molecule has 0 aromatic carbocycles. The van der Waals surface area contributed by atoms with Crippen LogP contribution in [-0.4, -0.2) is 30.3 Å². The molecule has 4 nitrogen and oxygen atoms in total. The van der Waals surface area contributed by atoms with Crippen LogP contribution in [-0.2, 0) is 9.53 Å². The fraction of sp³-hybridized carbons (Fsp3) is 0.923. The number of unbranched alkanes of at least 4 members (excludes halogenated alkanes) is 1. The van der Waals surface area contributed by atoms with Crippen LogP contribution in [0.2, 0.25) is 0 Å². The maximum atomic E-state index is 8.36. The van der Waals surface area contributed by atoms with Crippen LogP contribution in [0.1, 0.15) is 52.4 Å². The van der Waals surface area contributed by atoms with Crippen molar-refractivity contribution in [2.45, 2.75) is 64.5 Å². The summed E-state index contributed by atoms with van der Waals surface area (Å²) in [7, 11) is 0. The molecule has 4 heteroatoms. The second-order valence-corrected chi connectivity index (χ2v) is 4.99. The minimum Gasteiger partial charge on any atom is -0.483 e. The number of nitrogens with two attached hydrogens (primary N) is 1. The Bertz CT molecular complexity index is 186. The van der Waals surface area contributed by atoms with Gasteiger partial charge >= 0.3 is 0 Å². The second-order valence-electron chi connectivity index (χ2n) is 4.99. The number of rotatable bonds is 5. The normalized spacial score (nSPS) is 25.6. The molecule has 1 aliphatic heterocycles. The molecule has 0 radical (unpaired) electrons. The number of ether oxygens (including phenoxy) is 1. The van der Waals surface area contributed by atoms with Gasteiger partial charge in [0.25, 0.3) is 6.47 Å². The fourth-order valence-corrected chi connectivity index (χ4v) is 2.11. The molecule has 17 heavy (non-hydrogen) atoms. The SMILES string of the molecule is CC(N)CCCCC1CC(C)CCO1.O=CO. The zero-order valence-corrected chi connectivity index (χ0v) is 11.1. The van der Waals surface area contributed by atoms with Gasteiger partial charge < -0.3 is 15.6 Å². The van der Waals surface area contributed by atoms with Gasteiger partial charge in [-0.2, -0.15) is 0 Å². The van der Waals surface area contributed by atoms with Gasteiger partial charge in [0.1, 0.15) is 0 Å². The Balaban J connectivity index is 0.000000770. The molecule has 0 aliphatic carbocycles. The molecule has 1 saturated heterocycles. The topological polar surface area (TPSA) is 72.5 Å². The van der Waals surface area contributed by atoms with Crippen LogP contribution in [0.15, 0.2) is 0 Å². The van der Waals surface area contributed by atoms with Crippen LogP contribution in [0.25, 0.3) is 0 Å². The van der Waals surface area contributed by atoms with Crippen LogP contribution in [0.5, 0.6) is 0 Å². The lowest BCUT2D eigenvalue weighted by atomic mass is 9.94. The predicted molar refractivity (Wildman–Crippen MR) is 68.9 cm³/mol. The van der Waals surface area contributed by atoms with Crippen LogP contribution >= 0.6 is 0 Å². The third-order valence-corrected chi connectivity index (χ3v) is 3.07. The monoisotopic (exact) mass is 245 g/mol. The first-order valence-corrected chi connectivity index (χ1v) is 6.55. The Morgan fingerprint density at radius 3 is 2.71 bits per heavy atom. The first-order valence-electron chi connectivity index (χ1n) is 6.55. The van der Waals surface area contributed by atoms with E-state index in [9.17, 15) is 0 Å². The molecule has 1 aliphatic rings. The Hall–Kier alpha value is -0.610. The second kappa shape index (κ2) is 10.5. The lowest BCUT2D eigenvalue weighted by Gasteiger charge is -2.27. The largest absolute Gasteiger partial charge is 0.483 e. The summed E-state index contributed by atoms with van der Waals surface area (Å²) in [6.45, 7) is 5.13. The van der Waals surface area contributed by atoms with Crippen molar-refractivity contribution in [3.8, 4) is 0 Å². The lowest BCUT2D eigenvalue weighted by molar-refractivity contribution is -0.122. The Labute approximate surface area is 105 Å². The number of carboxylic acid groups (broad SMARTS) is 1. The standard InChI is InChI=1S/C12H25NO.CH2O2/c1-10-7-8-14-12(9-10)6-4-3-5-11(2)13;2-1-3/h10-12H,3-9,13H2,1-2H3;1H,(H,2,3). The summed E-state index contributed by atoms with van der Waals surface area (Å²) in [5, 5.41) is 6.89. The third-order valence-electron chi connectivity index (χ3n) is 3.07. The third kappa shape index (κ3) is 10.3. The van der Waals surface area contributed by atoms with Gasteiger partial charge in [0.2, 0.25) is 0 Å². The van der Waals surface area contributed by atoms with Gasteiger partial charge in [-0.3, -0.25) is 4.79 Å². The highest BCUT2D eigenvalue weighted by molar-refractivity contribution is 5.32. The average Bonchev–Trinajstić information content (AvgIpc) is 2.25. The molecule has 1 rings (SSSR count). The van der Waals surface area contributed by atoms with Crippen molar-refractivity contribution in [3.05, 3.63) is 0 Å². The summed E-state index contributed by atoms with van der Waals surface area (Å²) >= 11 is 0. The number of carbonyl (C=O) groups is 1. The van der Waals surface area contributed by atoms with E-state index in [-0.39, 0.29) is 6.47 Å². The Morgan fingerprint density at radius 2 is 2.18 bits per heavy atom. The molecule has 0 spiro atoms. The van der Waals surface area contributed by atoms with E-state index in [0.29, 0.717) is 12.1 Å². The maximum Gasteiger partial charge on any atom is 0.290 e. The molecule has 0 saturated carbocycles. The molecule has 102 valence electrons. The first-order chi connectivity index (χ1) is 8.10. The van der Waals surface area contributed by atoms with Crippen molar-refractivity contribution in [1.82, 2.24) is 0 Å². The molecule has 1 fully saturated rings. The van der Waals surface area contributed by atoms with E-state index < -0.39 is 0 Å². The summed E-state index contributed by atoms with van der Waals surface area (Å²) in [6, 6.07) is 0.362. The maximum absolute atomic E-state index is 8.36. The quantitative estimate of drug-likeness (QED) is 0.576. The van der Waals surface area contributed by atoms with Crippen molar-refractivity contribution in [1.29, 1.82) is 0 Å². The summed E-state index contributed by atoms with van der Waals surface area (Å²) in [4.78, 5) is 8.36. The molecule has 0 aromatic rings. The van der Waals surface area contributed by atoms with Crippen molar-refractivity contribution in [3.63, 3.8) is 0 Å². The fourth-order valence-electron chi connectivity index (χ4n) is 2.11. The molecule has 0 amide bonds. The molecular formula is C13H27NO3. The molecule has 1 heterocycles. The minimum atomic E-state index is -0.250.